The van der Waals surface area contributed by atoms with Gasteiger partial charge in [-0.05, 0) is 25.5 Å². The lowest BCUT2D eigenvalue weighted by atomic mass is 10.2. The summed E-state index contributed by atoms with van der Waals surface area (Å²) in [6.45, 7) is 5.74. The van der Waals surface area contributed by atoms with Crippen molar-refractivity contribution in [2.45, 2.75) is 37.4 Å². The lowest BCUT2D eigenvalue weighted by molar-refractivity contribution is -0.0474. The summed E-state index contributed by atoms with van der Waals surface area (Å²) in [4.78, 5) is 0.267. The molecule has 1 heterocycles. The molecule has 0 bridgehead atoms. The van der Waals surface area contributed by atoms with Gasteiger partial charge < -0.3 is 14.8 Å². The fraction of sp³-hybridized carbons (Fsp3) is 0.600. The van der Waals surface area contributed by atoms with E-state index >= 15 is 0 Å². The number of morpholine rings is 1. The minimum absolute atomic E-state index is 0.0596. The molecule has 6 heteroatoms. The minimum atomic E-state index is -3.29. The van der Waals surface area contributed by atoms with Gasteiger partial charge in [0.2, 0.25) is 0 Å². The molecule has 2 atom stereocenters. The van der Waals surface area contributed by atoms with E-state index in [9.17, 15) is 8.42 Å². The molecule has 1 aromatic carbocycles. The standard InChI is InChI=1S/C15H23NO4S/c1-3-8-21(17,18)15-7-5-4-6-14(15)19-11-13-10-16-9-12(2)20-13/h4-7,12-13,16H,3,8-11H2,1-2H3. The molecule has 2 rings (SSSR count). The van der Waals surface area contributed by atoms with E-state index < -0.39 is 9.84 Å². The third-order valence-corrected chi connectivity index (χ3v) is 5.26. The molecule has 1 aromatic rings. The van der Waals surface area contributed by atoms with Gasteiger partial charge in [0.15, 0.2) is 9.84 Å². The Labute approximate surface area is 126 Å². The van der Waals surface area contributed by atoms with E-state index in [1.807, 2.05) is 13.8 Å². The van der Waals surface area contributed by atoms with Crippen molar-refractivity contribution in [1.29, 1.82) is 0 Å². The van der Waals surface area contributed by atoms with E-state index in [1.165, 1.54) is 0 Å². The second kappa shape index (κ2) is 7.24. The molecule has 0 spiro atoms. The van der Waals surface area contributed by atoms with Crippen LogP contribution in [-0.4, -0.2) is 46.1 Å². The van der Waals surface area contributed by atoms with Crippen molar-refractivity contribution in [3.8, 4) is 5.75 Å². The van der Waals surface area contributed by atoms with Crippen molar-refractivity contribution in [2.75, 3.05) is 25.4 Å². The number of rotatable bonds is 6. The summed E-state index contributed by atoms with van der Waals surface area (Å²) < 4.78 is 35.9. The van der Waals surface area contributed by atoms with Gasteiger partial charge >= 0.3 is 0 Å². The zero-order chi connectivity index (χ0) is 15.3. The van der Waals surface area contributed by atoms with E-state index in [-0.39, 0.29) is 22.9 Å². The molecule has 5 nitrogen and oxygen atoms in total. The van der Waals surface area contributed by atoms with Crippen LogP contribution in [0, 0.1) is 0 Å². The first kappa shape index (κ1) is 16.3. The monoisotopic (exact) mass is 313 g/mol. The van der Waals surface area contributed by atoms with Gasteiger partial charge in [0.1, 0.15) is 23.4 Å². The van der Waals surface area contributed by atoms with Crippen LogP contribution in [-0.2, 0) is 14.6 Å². The number of ether oxygens (including phenoxy) is 2. The third-order valence-electron chi connectivity index (χ3n) is 3.31. The Morgan fingerprint density at radius 3 is 2.81 bits per heavy atom. The summed E-state index contributed by atoms with van der Waals surface area (Å²) in [5.74, 6) is 0.541. The summed E-state index contributed by atoms with van der Waals surface area (Å²) in [5, 5.41) is 3.26. The van der Waals surface area contributed by atoms with Crippen LogP contribution in [0.4, 0.5) is 0 Å². The molecule has 0 amide bonds. The smallest absolute Gasteiger partial charge is 0.182 e. The Kier molecular flexibility index (Phi) is 5.61. The number of nitrogens with one attached hydrogen (secondary N) is 1. The van der Waals surface area contributed by atoms with Crippen molar-refractivity contribution in [2.24, 2.45) is 0 Å². The van der Waals surface area contributed by atoms with Crippen LogP contribution in [0.2, 0.25) is 0 Å². The average Bonchev–Trinajstić information content (AvgIpc) is 2.45. The molecule has 1 aliphatic heterocycles. The van der Waals surface area contributed by atoms with Gasteiger partial charge in [0.05, 0.1) is 11.9 Å². The van der Waals surface area contributed by atoms with Crippen LogP contribution in [0.25, 0.3) is 0 Å². The molecule has 1 saturated heterocycles. The lowest BCUT2D eigenvalue weighted by Crippen LogP contribution is -2.45. The van der Waals surface area contributed by atoms with Crippen LogP contribution < -0.4 is 10.1 Å². The quantitative estimate of drug-likeness (QED) is 0.865. The number of benzene rings is 1. The zero-order valence-corrected chi connectivity index (χ0v) is 13.4. The highest BCUT2D eigenvalue weighted by Gasteiger charge is 2.22. The van der Waals surface area contributed by atoms with E-state index in [0.29, 0.717) is 25.3 Å². The largest absolute Gasteiger partial charge is 0.489 e. The van der Waals surface area contributed by atoms with Crippen molar-refractivity contribution in [1.82, 2.24) is 5.32 Å². The van der Waals surface area contributed by atoms with Gasteiger partial charge in [-0.3, -0.25) is 0 Å². The summed E-state index contributed by atoms with van der Waals surface area (Å²) in [5.41, 5.74) is 0. The number of hydrogen-bond donors (Lipinski definition) is 1. The maximum atomic E-state index is 12.2. The van der Waals surface area contributed by atoms with Crippen LogP contribution in [0.1, 0.15) is 20.3 Å². The summed E-state index contributed by atoms with van der Waals surface area (Å²) in [6.07, 6.45) is 0.672. The Hall–Kier alpha value is -1.11. The van der Waals surface area contributed by atoms with Gasteiger partial charge in [-0.15, -0.1) is 0 Å². The Bertz CT molecular complexity index is 559. The number of hydrogen-bond acceptors (Lipinski definition) is 5. The highest BCUT2D eigenvalue weighted by atomic mass is 32.2. The predicted molar refractivity (Wildman–Crippen MR) is 81.5 cm³/mol. The minimum Gasteiger partial charge on any atom is -0.489 e. The number of sulfone groups is 1. The Morgan fingerprint density at radius 2 is 2.10 bits per heavy atom. The fourth-order valence-electron chi connectivity index (χ4n) is 2.36. The molecule has 2 unspecified atom stereocenters. The molecule has 118 valence electrons. The van der Waals surface area contributed by atoms with Crippen LogP contribution in [0.3, 0.4) is 0 Å². The first-order valence-electron chi connectivity index (χ1n) is 7.33. The fourth-order valence-corrected chi connectivity index (χ4v) is 3.84. The molecule has 1 N–H and O–H groups in total. The van der Waals surface area contributed by atoms with Gasteiger partial charge in [-0.1, -0.05) is 19.1 Å². The predicted octanol–water partition coefficient (Wildman–Crippen LogP) is 1.63. The zero-order valence-electron chi connectivity index (χ0n) is 12.5. The van der Waals surface area contributed by atoms with E-state index in [4.69, 9.17) is 9.47 Å². The second-order valence-corrected chi connectivity index (χ2v) is 7.38. The molecule has 0 saturated carbocycles. The third kappa shape index (κ3) is 4.43. The van der Waals surface area contributed by atoms with E-state index in [2.05, 4.69) is 5.32 Å². The lowest BCUT2D eigenvalue weighted by Gasteiger charge is -2.28. The van der Waals surface area contributed by atoms with Crippen LogP contribution in [0.15, 0.2) is 29.2 Å². The molecule has 1 fully saturated rings. The van der Waals surface area contributed by atoms with Crippen molar-refractivity contribution in [3.63, 3.8) is 0 Å². The van der Waals surface area contributed by atoms with Crippen molar-refractivity contribution >= 4 is 9.84 Å². The summed E-state index contributed by atoms with van der Waals surface area (Å²) in [7, 11) is -3.29. The average molecular weight is 313 g/mol. The highest BCUT2D eigenvalue weighted by molar-refractivity contribution is 7.91. The van der Waals surface area contributed by atoms with Gasteiger partial charge in [0, 0.05) is 13.1 Å². The normalized spacial score (nSPS) is 23.0. The molecule has 0 aliphatic carbocycles. The first-order valence-corrected chi connectivity index (χ1v) is 8.99. The van der Waals surface area contributed by atoms with Crippen LogP contribution >= 0.6 is 0 Å². The van der Waals surface area contributed by atoms with Gasteiger partial charge in [-0.25, -0.2) is 8.42 Å². The van der Waals surface area contributed by atoms with Crippen molar-refractivity contribution < 1.29 is 17.9 Å². The molecule has 1 aliphatic rings. The first-order chi connectivity index (χ1) is 10.0. The van der Waals surface area contributed by atoms with E-state index in [0.717, 1.165) is 6.54 Å². The topological polar surface area (TPSA) is 64.6 Å². The highest BCUT2D eigenvalue weighted by Crippen LogP contribution is 2.25. The van der Waals surface area contributed by atoms with Crippen molar-refractivity contribution in [3.05, 3.63) is 24.3 Å². The number of para-hydroxylation sites is 1. The molecule has 0 aromatic heterocycles. The maximum absolute atomic E-state index is 12.2. The maximum Gasteiger partial charge on any atom is 0.182 e. The second-order valence-electron chi connectivity index (χ2n) is 5.30. The SMILES string of the molecule is CCCS(=O)(=O)c1ccccc1OCC1CNCC(C)O1. The molecular formula is C15H23NO4S. The Balaban J connectivity index is 2.06. The Morgan fingerprint density at radius 1 is 1.33 bits per heavy atom. The summed E-state index contributed by atoms with van der Waals surface area (Å²) >= 11 is 0. The molecular weight excluding hydrogens is 290 g/mol. The van der Waals surface area contributed by atoms with Gasteiger partial charge in [-0.2, -0.15) is 0 Å². The van der Waals surface area contributed by atoms with E-state index in [1.54, 1.807) is 24.3 Å². The molecule has 21 heavy (non-hydrogen) atoms. The molecule has 0 radical (unpaired) electrons. The van der Waals surface area contributed by atoms with Crippen LogP contribution in [0.5, 0.6) is 5.75 Å². The summed E-state index contributed by atoms with van der Waals surface area (Å²) in [6, 6.07) is 6.80. The van der Waals surface area contributed by atoms with Gasteiger partial charge in [0.25, 0.3) is 0 Å².